The maximum atomic E-state index is 11.4. The smallest absolute Gasteiger partial charge is 0.137 e. The lowest BCUT2D eigenvalue weighted by atomic mass is 9.95. The molecule has 0 aliphatic heterocycles. The number of hydrogen-bond acceptors (Lipinski definition) is 4. The Labute approximate surface area is 171 Å². The Kier molecular flexibility index (Phi) is 6.48. The van der Waals surface area contributed by atoms with Gasteiger partial charge < -0.3 is 5.11 Å². The summed E-state index contributed by atoms with van der Waals surface area (Å²) in [5, 5.41) is 17.1. The molecular formula is C18H16Cl3N3OS. The lowest BCUT2D eigenvalue weighted by Crippen LogP contribution is -2.35. The predicted octanol–water partition coefficient (Wildman–Crippen LogP) is 5.06. The Balaban J connectivity index is 1.79. The Morgan fingerprint density at radius 2 is 1.77 bits per heavy atom. The van der Waals surface area contributed by atoms with Gasteiger partial charge in [0.1, 0.15) is 18.3 Å². The Hall–Kier alpha value is -1.24. The summed E-state index contributed by atoms with van der Waals surface area (Å²) >= 11 is 19.9. The fourth-order valence-corrected chi connectivity index (χ4v) is 4.40. The van der Waals surface area contributed by atoms with Crippen LogP contribution in [0.4, 0.5) is 0 Å². The van der Waals surface area contributed by atoms with E-state index < -0.39 is 5.60 Å². The van der Waals surface area contributed by atoms with E-state index in [4.69, 9.17) is 34.8 Å². The van der Waals surface area contributed by atoms with E-state index in [9.17, 15) is 5.11 Å². The van der Waals surface area contributed by atoms with Crippen molar-refractivity contribution < 1.29 is 5.11 Å². The zero-order chi connectivity index (χ0) is 18.6. The second-order valence-corrected chi connectivity index (χ2v) is 8.13. The van der Waals surface area contributed by atoms with Crippen LogP contribution in [0.5, 0.6) is 0 Å². The molecule has 3 aromatic rings. The largest absolute Gasteiger partial charge is 0.382 e. The maximum Gasteiger partial charge on any atom is 0.137 e. The van der Waals surface area contributed by atoms with E-state index in [1.54, 1.807) is 41.0 Å². The van der Waals surface area contributed by atoms with E-state index in [1.807, 2.05) is 24.3 Å². The molecule has 1 unspecified atom stereocenters. The van der Waals surface area contributed by atoms with E-state index in [1.165, 1.54) is 6.33 Å². The molecule has 4 nitrogen and oxygen atoms in total. The lowest BCUT2D eigenvalue weighted by molar-refractivity contribution is 0.0397. The molecule has 0 bridgehead atoms. The zero-order valence-corrected chi connectivity index (χ0v) is 16.7. The molecule has 0 saturated heterocycles. The standard InChI is InChI=1S/C18H16Cl3N3OS/c19-14-3-1-13(2-4-14)8-26-10-18(25,9-24-12-22-11-23-24)16-6-5-15(20)7-17(16)21/h1-7,11-12,25H,8-10H2. The van der Waals surface area contributed by atoms with E-state index >= 15 is 0 Å². The van der Waals surface area contributed by atoms with Gasteiger partial charge in [-0.05, 0) is 29.8 Å². The summed E-state index contributed by atoms with van der Waals surface area (Å²) in [5.41, 5.74) is 0.527. The van der Waals surface area contributed by atoms with Gasteiger partial charge in [0.05, 0.1) is 6.54 Å². The molecule has 0 aliphatic rings. The van der Waals surface area contributed by atoms with Gasteiger partial charge >= 0.3 is 0 Å². The molecule has 1 atom stereocenters. The van der Waals surface area contributed by atoms with Gasteiger partial charge in [-0.15, -0.1) is 0 Å². The van der Waals surface area contributed by atoms with Crippen LogP contribution in [0.15, 0.2) is 55.1 Å². The first-order valence-corrected chi connectivity index (χ1v) is 10.1. The van der Waals surface area contributed by atoms with Gasteiger partial charge in [-0.3, -0.25) is 0 Å². The highest BCUT2D eigenvalue weighted by Gasteiger charge is 2.32. The summed E-state index contributed by atoms with van der Waals surface area (Å²) in [6, 6.07) is 12.8. The van der Waals surface area contributed by atoms with Gasteiger partial charge in [-0.1, -0.05) is 53.0 Å². The van der Waals surface area contributed by atoms with Crippen LogP contribution in [0.25, 0.3) is 0 Å². The molecule has 1 N–H and O–H groups in total. The van der Waals surface area contributed by atoms with Crippen molar-refractivity contribution in [1.82, 2.24) is 14.8 Å². The predicted molar refractivity (Wildman–Crippen MR) is 108 cm³/mol. The third-order valence-electron chi connectivity index (χ3n) is 3.85. The third kappa shape index (κ3) is 4.93. The van der Waals surface area contributed by atoms with Crippen LogP contribution in [0.1, 0.15) is 11.1 Å². The molecule has 0 aliphatic carbocycles. The zero-order valence-electron chi connectivity index (χ0n) is 13.6. The van der Waals surface area contributed by atoms with E-state index in [0.29, 0.717) is 26.4 Å². The number of hydrogen-bond donors (Lipinski definition) is 1. The van der Waals surface area contributed by atoms with Gasteiger partial charge in [-0.2, -0.15) is 16.9 Å². The summed E-state index contributed by atoms with van der Waals surface area (Å²) in [7, 11) is 0. The Bertz CT molecular complexity index is 859. The fourth-order valence-electron chi connectivity index (χ4n) is 2.58. The topological polar surface area (TPSA) is 50.9 Å². The van der Waals surface area contributed by atoms with Crippen molar-refractivity contribution in [3.8, 4) is 0 Å². The molecule has 0 amide bonds. The Morgan fingerprint density at radius 1 is 1.04 bits per heavy atom. The van der Waals surface area contributed by atoms with Crippen LogP contribution in [-0.2, 0) is 17.9 Å². The number of nitrogens with zero attached hydrogens (tertiary/aromatic N) is 3. The van der Waals surface area contributed by atoms with Gasteiger partial charge in [0.2, 0.25) is 0 Å². The van der Waals surface area contributed by atoms with Crippen molar-refractivity contribution in [2.24, 2.45) is 0 Å². The van der Waals surface area contributed by atoms with Crippen LogP contribution >= 0.6 is 46.6 Å². The monoisotopic (exact) mass is 427 g/mol. The average molecular weight is 429 g/mol. The first kappa shape index (κ1) is 19.5. The minimum atomic E-state index is -1.22. The van der Waals surface area contributed by atoms with Crippen molar-refractivity contribution >= 4 is 46.6 Å². The summed E-state index contributed by atoms with van der Waals surface area (Å²) in [4.78, 5) is 3.94. The minimum Gasteiger partial charge on any atom is -0.382 e. The van der Waals surface area contributed by atoms with Gasteiger partial charge in [0.25, 0.3) is 0 Å². The van der Waals surface area contributed by atoms with Crippen LogP contribution in [-0.4, -0.2) is 25.6 Å². The second kappa shape index (κ2) is 8.63. The van der Waals surface area contributed by atoms with Crippen LogP contribution in [0.3, 0.4) is 0 Å². The number of aromatic nitrogens is 3. The minimum absolute atomic E-state index is 0.238. The van der Waals surface area contributed by atoms with Gasteiger partial charge in [0.15, 0.2) is 0 Å². The number of benzene rings is 2. The van der Waals surface area contributed by atoms with Crippen molar-refractivity contribution in [3.05, 3.63) is 81.3 Å². The first-order chi connectivity index (χ1) is 12.5. The molecular weight excluding hydrogens is 413 g/mol. The number of rotatable bonds is 7. The highest BCUT2D eigenvalue weighted by atomic mass is 35.5. The van der Waals surface area contributed by atoms with Crippen LogP contribution in [0, 0.1) is 0 Å². The molecule has 136 valence electrons. The van der Waals surface area contributed by atoms with Crippen molar-refractivity contribution in [1.29, 1.82) is 0 Å². The number of thioether (sulfide) groups is 1. The lowest BCUT2D eigenvalue weighted by Gasteiger charge is -2.29. The van der Waals surface area contributed by atoms with Crippen LogP contribution < -0.4 is 0 Å². The Morgan fingerprint density at radius 3 is 2.42 bits per heavy atom. The molecule has 26 heavy (non-hydrogen) atoms. The maximum absolute atomic E-state index is 11.4. The summed E-state index contributed by atoms with van der Waals surface area (Å²) in [5.74, 6) is 1.17. The first-order valence-electron chi connectivity index (χ1n) is 7.79. The molecule has 0 fully saturated rings. The van der Waals surface area contributed by atoms with Crippen LogP contribution in [0.2, 0.25) is 15.1 Å². The van der Waals surface area contributed by atoms with Crippen molar-refractivity contribution in [2.75, 3.05) is 5.75 Å². The molecule has 8 heteroatoms. The van der Waals surface area contributed by atoms with E-state index in [0.717, 1.165) is 11.3 Å². The summed E-state index contributed by atoms with van der Waals surface area (Å²) < 4.78 is 1.59. The molecule has 0 saturated carbocycles. The number of aliphatic hydroxyl groups is 1. The third-order valence-corrected chi connectivity index (χ3v) is 5.86. The molecule has 1 aromatic heterocycles. The summed E-state index contributed by atoms with van der Waals surface area (Å²) in [6.07, 6.45) is 3.00. The van der Waals surface area contributed by atoms with Gasteiger partial charge in [-0.25, -0.2) is 9.67 Å². The summed E-state index contributed by atoms with van der Waals surface area (Å²) in [6.45, 7) is 0.238. The molecule has 0 spiro atoms. The number of halogens is 3. The van der Waals surface area contributed by atoms with E-state index in [2.05, 4.69) is 10.1 Å². The second-order valence-electron chi connectivity index (χ2n) is 5.87. The molecule has 0 radical (unpaired) electrons. The van der Waals surface area contributed by atoms with E-state index in [-0.39, 0.29) is 6.54 Å². The SMILES string of the molecule is OC(CSCc1ccc(Cl)cc1)(Cn1cncn1)c1ccc(Cl)cc1Cl. The van der Waals surface area contributed by atoms with Crippen molar-refractivity contribution in [2.45, 2.75) is 17.9 Å². The highest BCUT2D eigenvalue weighted by Crippen LogP contribution is 2.35. The fraction of sp³-hybridized carbons (Fsp3) is 0.222. The molecule has 3 rings (SSSR count). The van der Waals surface area contributed by atoms with Crippen molar-refractivity contribution in [3.63, 3.8) is 0 Å². The normalized spacial score (nSPS) is 13.5. The average Bonchev–Trinajstić information content (AvgIpc) is 3.09. The molecule has 2 aromatic carbocycles. The highest BCUT2D eigenvalue weighted by molar-refractivity contribution is 7.98. The molecule has 1 heterocycles. The quantitative estimate of drug-likeness (QED) is 0.571. The van der Waals surface area contributed by atoms with Gasteiger partial charge in [0, 0.05) is 32.1 Å².